The van der Waals surface area contributed by atoms with E-state index in [0.29, 0.717) is 6.54 Å². The van der Waals surface area contributed by atoms with Gasteiger partial charge in [0.2, 0.25) is 0 Å². The van der Waals surface area contributed by atoms with Gasteiger partial charge in [0.25, 0.3) is 0 Å². The van der Waals surface area contributed by atoms with Gasteiger partial charge in [-0.3, -0.25) is 0 Å². The Kier molecular flexibility index (Phi) is 4.59. The molecule has 0 aliphatic heterocycles. The van der Waals surface area contributed by atoms with Crippen LogP contribution in [0.4, 0.5) is 4.79 Å². The molecule has 16 heavy (non-hydrogen) atoms. The van der Waals surface area contributed by atoms with Crippen LogP contribution in [0, 0.1) is 5.92 Å². The lowest BCUT2D eigenvalue weighted by Gasteiger charge is -2.24. The summed E-state index contributed by atoms with van der Waals surface area (Å²) < 4.78 is 5.18. The smallest absolute Gasteiger partial charge is 0.424 e. The molecule has 4 nitrogen and oxygen atoms in total. The molecule has 0 aromatic heterocycles. The van der Waals surface area contributed by atoms with Crippen LogP contribution in [-0.4, -0.2) is 23.2 Å². The van der Waals surface area contributed by atoms with Gasteiger partial charge in [-0.2, -0.15) is 0 Å². The van der Waals surface area contributed by atoms with Gasteiger partial charge in [0.15, 0.2) is 0 Å². The fourth-order valence-corrected chi connectivity index (χ4v) is 2.03. The second kappa shape index (κ2) is 5.53. The van der Waals surface area contributed by atoms with Crippen molar-refractivity contribution in [2.24, 2.45) is 11.8 Å². The van der Waals surface area contributed by atoms with Crippen LogP contribution in [0.3, 0.4) is 0 Å². The Hall–Kier alpha value is -0.770. The molecule has 1 saturated carbocycles. The van der Waals surface area contributed by atoms with Crippen LogP contribution in [0.15, 0.2) is 0 Å². The molecule has 0 saturated heterocycles. The van der Waals surface area contributed by atoms with Crippen molar-refractivity contribution >= 4 is 6.09 Å². The SMILES string of the molecule is CC(C)(C)OC(=O)N(N)CCC1CCCC1. The first-order chi connectivity index (χ1) is 7.38. The van der Waals surface area contributed by atoms with Gasteiger partial charge < -0.3 is 4.74 Å². The van der Waals surface area contributed by atoms with Crippen LogP contribution in [0.1, 0.15) is 52.9 Å². The third-order valence-corrected chi connectivity index (χ3v) is 2.88. The zero-order valence-corrected chi connectivity index (χ0v) is 10.7. The summed E-state index contributed by atoms with van der Waals surface area (Å²) in [6, 6.07) is 0. The molecular formula is C12H24N2O2. The Balaban J connectivity index is 2.23. The second-order valence-corrected chi connectivity index (χ2v) is 5.61. The molecule has 0 spiro atoms. The Labute approximate surface area is 98.1 Å². The molecule has 1 amide bonds. The summed E-state index contributed by atoms with van der Waals surface area (Å²) in [6.45, 7) is 6.13. The maximum absolute atomic E-state index is 11.5. The van der Waals surface area contributed by atoms with Crippen LogP contribution < -0.4 is 5.84 Å². The highest BCUT2D eigenvalue weighted by Gasteiger charge is 2.21. The molecule has 0 bridgehead atoms. The van der Waals surface area contributed by atoms with Crippen molar-refractivity contribution in [1.29, 1.82) is 0 Å². The minimum Gasteiger partial charge on any atom is -0.443 e. The Morgan fingerprint density at radius 2 is 1.94 bits per heavy atom. The summed E-state index contributed by atoms with van der Waals surface area (Å²) in [7, 11) is 0. The van der Waals surface area contributed by atoms with E-state index >= 15 is 0 Å². The lowest BCUT2D eigenvalue weighted by atomic mass is 10.0. The molecule has 0 radical (unpaired) electrons. The molecule has 0 aromatic rings. The average molecular weight is 228 g/mol. The minimum atomic E-state index is -0.470. The summed E-state index contributed by atoms with van der Waals surface area (Å²) in [5.74, 6) is 6.41. The molecular weight excluding hydrogens is 204 g/mol. The number of hydrogen-bond acceptors (Lipinski definition) is 3. The van der Waals surface area contributed by atoms with Gasteiger partial charge in [0, 0.05) is 6.54 Å². The average Bonchev–Trinajstić information content (AvgIpc) is 2.63. The van der Waals surface area contributed by atoms with Gasteiger partial charge in [-0.15, -0.1) is 0 Å². The van der Waals surface area contributed by atoms with E-state index < -0.39 is 11.7 Å². The number of nitrogens with two attached hydrogens (primary N) is 1. The largest absolute Gasteiger partial charge is 0.443 e. The third-order valence-electron chi connectivity index (χ3n) is 2.88. The quantitative estimate of drug-likeness (QED) is 0.459. The highest BCUT2D eigenvalue weighted by Crippen LogP contribution is 2.27. The van der Waals surface area contributed by atoms with E-state index in [0.717, 1.165) is 12.3 Å². The molecule has 4 heteroatoms. The first-order valence-electron chi connectivity index (χ1n) is 6.14. The van der Waals surface area contributed by atoms with Crippen molar-refractivity contribution in [2.75, 3.05) is 6.54 Å². The van der Waals surface area contributed by atoms with Crippen LogP contribution in [0.2, 0.25) is 0 Å². The van der Waals surface area contributed by atoms with Crippen molar-refractivity contribution < 1.29 is 9.53 Å². The van der Waals surface area contributed by atoms with Gasteiger partial charge in [-0.1, -0.05) is 25.7 Å². The maximum atomic E-state index is 11.5. The normalized spacial score (nSPS) is 17.5. The van der Waals surface area contributed by atoms with Gasteiger partial charge in [0.05, 0.1) is 0 Å². The molecule has 0 aromatic carbocycles. The molecule has 94 valence electrons. The molecule has 0 atom stereocenters. The number of ether oxygens (including phenoxy) is 1. The zero-order valence-electron chi connectivity index (χ0n) is 10.7. The van der Waals surface area contributed by atoms with E-state index in [2.05, 4.69) is 0 Å². The molecule has 1 aliphatic carbocycles. The predicted molar refractivity (Wildman–Crippen MR) is 63.7 cm³/mol. The fourth-order valence-electron chi connectivity index (χ4n) is 2.03. The molecule has 2 N–H and O–H groups in total. The van der Waals surface area contributed by atoms with Crippen LogP contribution in [-0.2, 0) is 4.74 Å². The molecule has 1 rings (SSSR count). The number of rotatable bonds is 3. The van der Waals surface area contributed by atoms with E-state index in [1.807, 2.05) is 20.8 Å². The van der Waals surface area contributed by atoms with Crippen LogP contribution in [0.5, 0.6) is 0 Å². The first kappa shape index (κ1) is 13.3. The van der Waals surface area contributed by atoms with Gasteiger partial charge in [0.1, 0.15) is 5.60 Å². The van der Waals surface area contributed by atoms with E-state index in [-0.39, 0.29) is 0 Å². The number of hydrazine groups is 1. The second-order valence-electron chi connectivity index (χ2n) is 5.61. The standard InChI is InChI=1S/C12H24N2O2/c1-12(2,3)16-11(15)14(13)9-8-10-6-4-5-7-10/h10H,4-9,13H2,1-3H3. The zero-order chi connectivity index (χ0) is 12.2. The lowest BCUT2D eigenvalue weighted by Crippen LogP contribution is -2.42. The predicted octanol–water partition coefficient (Wildman–Crippen LogP) is 2.68. The van der Waals surface area contributed by atoms with Crippen molar-refractivity contribution in [3.05, 3.63) is 0 Å². The molecule has 1 aliphatic rings. The minimum absolute atomic E-state index is 0.425. The fraction of sp³-hybridized carbons (Fsp3) is 0.917. The number of hydrogen-bond donors (Lipinski definition) is 1. The Bertz CT molecular complexity index is 230. The van der Waals surface area contributed by atoms with Crippen molar-refractivity contribution in [3.63, 3.8) is 0 Å². The third kappa shape index (κ3) is 4.84. The van der Waals surface area contributed by atoms with E-state index in [1.165, 1.54) is 30.7 Å². The van der Waals surface area contributed by atoms with Crippen LogP contribution >= 0.6 is 0 Å². The molecule has 0 heterocycles. The summed E-state index contributed by atoms with van der Waals surface area (Å²) >= 11 is 0. The monoisotopic (exact) mass is 228 g/mol. The van der Waals surface area contributed by atoms with E-state index in [4.69, 9.17) is 10.6 Å². The van der Waals surface area contributed by atoms with Crippen LogP contribution in [0.25, 0.3) is 0 Å². The highest BCUT2D eigenvalue weighted by molar-refractivity contribution is 5.67. The number of nitrogens with zero attached hydrogens (tertiary/aromatic N) is 1. The summed E-state index contributed by atoms with van der Waals surface area (Å²) in [5, 5.41) is 1.20. The topological polar surface area (TPSA) is 55.6 Å². The number of amides is 1. The number of carbonyl (C=O) groups excluding carboxylic acids is 1. The van der Waals surface area contributed by atoms with Crippen molar-refractivity contribution in [1.82, 2.24) is 5.01 Å². The summed E-state index contributed by atoms with van der Waals surface area (Å²) in [6.07, 6.45) is 5.77. The lowest BCUT2D eigenvalue weighted by molar-refractivity contribution is 0.0238. The van der Waals surface area contributed by atoms with Gasteiger partial charge in [-0.05, 0) is 33.1 Å². The Morgan fingerprint density at radius 1 is 1.38 bits per heavy atom. The highest BCUT2D eigenvalue weighted by atomic mass is 16.6. The van der Waals surface area contributed by atoms with E-state index in [1.54, 1.807) is 0 Å². The summed E-state index contributed by atoms with van der Waals surface area (Å²) in [4.78, 5) is 11.5. The van der Waals surface area contributed by atoms with Crippen molar-refractivity contribution in [2.45, 2.75) is 58.5 Å². The molecule has 0 unspecified atom stereocenters. The maximum Gasteiger partial charge on any atom is 0.424 e. The Morgan fingerprint density at radius 3 is 2.44 bits per heavy atom. The van der Waals surface area contributed by atoms with E-state index in [9.17, 15) is 4.79 Å². The summed E-state index contributed by atoms with van der Waals surface area (Å²) in [5.41, 5.74) is -0.470. The first-order valence-corrected chi connectivity index (χ1v) is 6.14. The van der Waals surface area contributed by atoms with Gasteiger partial charge >= 0.3 is 6.09 Å². The van der Waals surface area contributed by atoms with Crippen molar-refractivity contribution in [3.8, 4) is 0 Å². The number of carbonyl (C=O) groups is 1. The molecule has 1 fully saturated rings. The van der Waals surface area contributed by atoms with Gasteiger partial charge in [-0.25, -0.2) is 15.6 Å².